The molecule has 0 spiro atoms. The second-order valence-electron chi connectivity index (χ2n) is 6.40. The van der Waals surface area contributed by atoms with Crippen LogP contribution in [0, 0.1) is 18.3 Å². The number of aromatic nitrogens is 2. The Morgan fingerprint density at radius 2 is 1.68 bits per heavy atom. The average Bonchev–Trinajstić information content (AvgIpc) is 2.68. The Bertz CT molecular complexity index is 1300. The third kappa shape index (κ3) is 2.81. The van der Waals surface area contributed by atoms with E-state index >= 15 is 0 Å². The minimum atomic E-state index is -0.547. The number of halogens is 1. The molecule has 0 saturated carbocycles. The van der Waals surface area contributed by atoms with Crippen molar-refractivity contribution in [2.75, 3.05) is 5.73 Å². The number of anilines is 1. The Morgan fingerprint density at radius 3 is 2.32 bits per heavy atom. The van der Waals surface area contributed by atoms with E-state index in [4.69, 9.17) is 17.3 Å². The molecule has 0 amide bonds. The van der Waals surface area contributed by atoms with Gasteiger partial charge in [-0.25, -0.2) is 4.98 Å². The van der Waals surface area contributed by atoms with Crippen molar-refractivity contribution in [3.63, 3.8) is 0 Å². The van der Waals surface area contributed by atoms with Crippen molar-refractivity contribution >= 4 is 28.3 Å². The van der Waals surface area contributed by atoms with E-state index in [1.165, 1.54) is 0 Å². The summed E-state index contributed by atoms with van der Waals surface area (Å²) in [7, 11) is 0. The molecule has 3 N–H and O–H groups in total. The van der Waals surface area contributed by atoms with Gasteiger partial charge in [0.1, 0.15) is 17.3 Å². The highest BCUT2D eigenvalue weighted by molar-refractivity contribution is 6.30. The van der Waals surface area contributed by atoms with Crippen LogP contribution in [0.3, 0.4) is 0 Å². The summed E-state index contributed by atoms with van der Waals surface area (Å²) in [5.41, 5.74) is 10.3. The first-order valence-electron chi connectivity index (χ1n) is 8.58. The van der Waals surface area contributed by atoms with Crippen LogP contribution in [-0.4, -0.2) is 9.97 Å². The molecule has 28 heavy (non-hydrogen) atoms. The lowest BCUT2D eigenvalue weighted by atomic mass is 9.90. The molecule has 136 valence electrons. The quantitative estimate of drug-likeness (QED) is 0.523. The Hall–Kier alpha value is -3.62. The van der Waals surface area contributed by atoms with Crippen LogP contribution in [0.15, 0.2) is 59.4 Å². The van der Waals surface area contributed by atoms with Crippen LogP contribution in [-0.2, 0) is 0 Å². The first-order chi connectivity index (χ1) is 13.5. The second-order valence-corrected chi connectivity index (χ2v) is 6.83. The van der Waals surface area contributed by atoms with Crippen LogP contribution in [0.25, 0.3) is 33.3 Å². The molecule has 0 saturated heterocycles. The molecule has 0 bridgehead atoms. The molecule has 5 nitrogen and oxygen atoms in total. The predicted octanol–water partition coefficient (Wildman–Crippen LogP) is 4.67. The number of rotatable bonds is 2. The predicted molar refractivity (Wildman–Crippen MR) is 112 cm³/mol. The molecule has 2 aromatic heterocycles. The third-order valence-electron chi connectivity index (χ3n) is 4.68. The van der Waals surface area contributed by atoms with Crippen LogP contribution in [0.1, 0.15) is 11.3 Å². The molecule has 4 aromatic rings. The van der Waals surface area contributed by atoms with Crippen molar-refractivity contribution in [3.8, 4) is 28.3 Å². The van der Waals surface area contributed by atoms with Gasteiger partial charge < -0.3 is 10.7 Å². The molecule has 0 aliphatic carbocycles. The van der Waals surface area contributed by atoms with E-state index in [0.717, 1.165) is 27.9 Å². The van der Waals surface area contributed by atoms with Gasteiger partial charge in [-0.15, -0.1) is 0 Å². The smallest absolute Gasteiger partial charge is 0.269 e. The Morgan fingerprint density at radius 1 is 1.04 bits per heavy atom. The zero-order valence-corrected chi connectivity index (χ0v) is 15.7. The van der Waals surface area contributed by atoms with Crippen LogP contribution in [0.5, 0.6) is 0 Å². The second kappa shape index (κ2) is 6.84. The highest BCUT2D eigenvalue weighted by atomic mass is 35.5. The van der Waals surface area contributed by atoms with Gasteiger partial charge in [-0.1, -0.05) is 54.1 Å². The summed E-state index contributed by atoms with van der Waals surface area (Å²) in [6.45, 7) is 1.88. The molecule has 0 atom stereocenters. The minimum Gasteiger partial charge on any atom is -0.397 e. The van der Waals surface area contributed by atoms with Gasteiger partial charge in [0, 0.05) is 21.8 Å². The number of aryl methyl sites for hydroxylation is 1. The maximum absolute atomic E-state index is 12.2. The van der Waals surface area contributed by atoms with Crippen molar-refractivity contribution < 1.29 is 0 Å². The minimum absolute atomic E-state index is 0.118. The van der Waals surface area contributed by atoms with E-state index in [-0.39, 0.29) is 11.3 Å². The van der Waals surface area contributed by atoms with Gasteiger partial charge in [0.25, 0.3) is 5.56 Å². The SMILES string of the molecule is Cc1nc2[nH]c(=O)c(C#N)c(N)c2c(-c2ccc(Cl)cc2)c1-c1ccccc1. The van der Waals surface area contributed by atoms with Crippen molar-refractivity contribution in [2.24, 2.45) is 0 Å². The molecule has 0 aliphatic heterocycles. The number of nitrogens with two attached hydrogens (primary N) is 1. The normalized spacial score (nSPS) is 10.8. The Balaban J connectivity index is 2.25. The molecule has 6 heteroatoms. The van der Waals surface area contributed by atoms with E-state index in [2.05, 4.69) is 9.97 Å². The number of nitriles is 1. The van der Waals surface area contributed by atoms with Crippen LogP contribution in [0.4, 0.5) is 5.69 Å². The summed E-state index contributed by atoms with van der Waals surface area (Å²) in [4.78, 5) is 19.5. The summed E-state index contributed by atoms with van der Waals surface area (Å²) in [5.74, 6) is 0. The Labute approximate surface area is 166 Å². The largest absolute Gasteiger partial charge is 0.397 e. The fraction of sp³-hybridized carbons (Fsp3) is 0.0455. The number of pyridine rings is 2. The summed E-state index contributed by atoms with van der Waals surface area (Å²) < 4.78 is 0. The highest BCUT2D eigenvalue weighted by Gasteiger charge is 2.21. The van der Waals surface area contributed by atoms with Gasteiger partial charge >= 0.3 is 0 Å². The molecule has 4 rings (SSSR count). The number of hydrogen-bond donors (Lipinski definition) is 2. The van der Waals surface area contributed by atoms with Crippen LogP contribution >= 0.6 is 11.6 Å². The van der Waals surface area contributed by atoms with E-state index < -0.39 is 5.56 Å². The number of hydrogen-bond acceptors (Lipinski definition) is 4. The number of nitrogen functional groups attached to an aromatic ring is 1. The summed E-state index contributed by atoms with van der Waals surface area (Å²) in [5, 5.41) is 10.6. The van der Waals surface area contributed by atoms with Gasteiger partial charge in [0.2, 0.25) is 0 Å². The first-order valence-corrected chi connectivity index (χ1v) is 8.96. The topological polar surface area (TPSA) is 95.6 Å². The van der Waals surface area contributed by atoms with Gasteiger partial charge in [0.05, 0.1) is 11.1 Å². The van der Waals surface area contributed by atoms with Crippen molar-refractivity contribution in [2.45, 2.75) is 6.92 Å². The van der Waals surface area contributed by atoms with E-state index in [0.29, 0.717) is 16.1 Å². The van der Waals surface area contributed by atoms with Crippen molar-refractivity contribution in [1.29, 1.82) is 5.26 Å². The molecule has 0 radical (unpaired) electrons. The van der Waals surface area contributed by atoms with Crippen molar-refractivity contribution in [1.82, 2.24) is 9.97 Å². The molecule has 2 aromatic carbocycles. The number of H-pyrrole nitrogens is 1. The van der Waals surface area contributed by atoms with Gasteiger partial charge in [-0.2, -0.15) is 5.26 Å². The first kappa shape index (κ1) is 17.8. The monoisotopic (exact) mass is 386 g/mol. The molecule has 2 heterocycles. The van der Waals surface area contributed by atoms with E-state index in [9.17, 15) is 10.1 Å². The van der Waals surface area contributed by atoms with Crippen LogP contribution in [0.2, 0.25) is 5.02 Å². The molecule has 0 unspecified atom stereocenters. The van der Waals surface area contributed by atoms with Gasteiger partial charge in [0.15, 0.2) is 0 Å². The standard InChI is InChI=1S/C22H15ClN4O/c1-12-17(13-5-3-2-4-6-13)18(14-7-9-15(23)10-8-14)19-20(25)16(11-24)22(28)27-21(19)26-12/h2-10H,1H3,(H3,25,26,27,28). The van der Waals surface area contributed by atoms with Gasteiger partial charge in [-0.05, 0) is 30.2 Å². The zero-order chi connectivity index (χ0) is 19.8. The number of fused-ring (bicyclic) bond motifs is 1. The number of nitrogens with zero attached hydrogens (tertiary/aromatic N) is 2. The van der Waals surface area contributed by atoms with Crippen LogP contribution < -0.4 is 11.3 Å². The summed E-state index contributed by atoms with van der Waals surface area (Å²) >= 11 is 6.08. The average molecular weight is 387 g/mol. The lowest BCUT2D eigenvalue weighted by Crippen LogP contribution is -2.15. The van der Waals surface area contributed by atoms with Crippen molar-refractivity contribution in [3.05, 3.63) is 81.2 Å². The Kier molecular flexibility index (Phi) is 4.34. The maximum Gasteiger partial charge on any atom is 0.269 e. The highest BCUT2D eigenvalue weighted by Crippen LogP contribution is 2.41. The molecular weight excluding hydrogens is 372 g/mol. The summed E-state index contributed by atoms with van der Waals surface area (Å²) in [6, 6.07) is 19.1. The van der Waals surface area contributed by atoms with E-state index in [1.807, 2.05) is 55.5 Å². The molecular formula is C22H15ClN4O. The number of benzene rings is 2. The lowest BCUT2D eigenvalue weighted by molar-refractivity contribution is 1.17. The fourth-order valence-electron chi connectivity index (χ4n) is 3.45. The lowest BCUT2D eigenvalue weighted by Gasteiger charge is -2.17. The molecule has 0 aliphatic rings. The number of nitrogens with one attached hydrogen (secondary N) is 1. The number of aromatic amines is 1. The maximum atomic E-state index is 12.2. The third-order valence-corrected chi connectivity index (χ3v) is 4.93. The van der Waals surface area contributed by atoms with Gasteiger partial charge in [-0.3, -0.25) is 4.79 Å². The zero-order valence-electron chi connectivity index (χ0n) is 15.0. The summed E-state index contributed by atoms with van der Waals surface area (Å²) in [6.07, 6.45) is 0. The fourth-order valence-corrected chi connectivity index (χ4v) is 3.57. The van der Waals surface area contributed by atoms with E-state index in [1.54, 1.807) is 12.1 Å². The molecule has 0 fully saturated rings.